The summed E-state index contributed by atoms with van der Waals surface area (Å²) in [6.45, 7) is 4.56. The van der Waals surface area contributed by atoms with Crippen LogP contribution in [0.5, 0.6) is 0 Å². The van der Waals surface area contributed by atoms with E-state index in [0.717, 1.165) is 16.9 Å². The average molecular weight is 500 g/mol. The molecule has 0 bridgehead atoms. The Balaban J connectivity index is 1.51. The van der Waals surface area contributed by atoms with Gasteiger partial charge in [0.25, 0.3) is 0 Å². The zero-order valence-electron chi connectivity index (χ0n) is 21.8. The number of fused-ring (bicyclic) bond motifs is 12. The quantitative estimate of drug-likeness (QED) is 0.205. The van der Waals surface area contributed by atoms with Gasteiger partial charge in [-0.2, -0.15) is 0 Å². The lowest BCUT2D eigenvalue weighted by Crippen LogP contribution is -2.14. The molecule has 8 aromatic rings. The second-order valence-electron chi connectivity index (χ2n) is 11.3. The Hall–Kier alpha value is -4.82. The van der Waals surface area contributed by atoms with Crippen molar-refractivity contribution in [1.82, 2.24) is 4.57 Å². The maximum atomic E-state index is 6.99. The van der Waals surface area contributed by atoms with Crippen molar-refractivity contribution in [2.45, 2.75) is 19.3 Å². The van der Waals surface area contributed by atoms with Crippen LogP contribution >= 0.6 is 0 Å². The fourth-order valence-corrected chi connectivity index (χ4v) is 7.15. The minimum absolute atomic E-state index is 0.191. The third kappa shape index (κ3) is 2.56. The number of benzene rings is 6. The Morgan fingerprint density at radius 2 is 1.26 bits per heavy atom. The first kappa shape index (κ1) is 21.2. The van der Waals surface area contributed by atoms with Gasteiger partial charge in [-0.3, -0.25) is 0 Å². The van der Waals surface area contributed by atoms with Crippen molar-refractivity contribution in [3.8, 4) is 16.8 Å². The van der Waals surface area contributed by atoms with Crippen LogP contribution in [0.4, 0.5) is 0 Å². The zero-order chi connectivity index (χ0) is 25.9. The van der Waals surface area contributed by atoms with E-state index in [1.54, 1.807) is 0 Å². The van der Waals surface area contributed by atoms with Gasteiger partial charge in [0.2, 0.25) is 0 Å². The van der Waals surface area contributed by atoms with Crippen molar-refractivity contribution in [1.29, 1.82) is 0 Å². The van der Waals surface area contributed by atoms with Crippen LogP contribution in [0.15, 0.2) is 120 Å². The number of aromatic nitrogens is 1. The molecule has 0 radical (unpaired) electrons. The van der Waals surface area contributed by atoms with Crippen molar-refractivity contribution in [3.63, 3.8) is 0 Å². The van der Waals surface area contributed by atoms with Crippen molar-refractivity contribution < 1.29 is 4.42 Å². The molecule has 0 unspecified atom stereocenters. The van der Waals surface area contributed by atoms with Gasteiger partial charge < -0.3 is 8.98 Å². The second kappa shape index (κ2) is 7.18. The number of furan rings is 1. The highest BCUT2D eigenvalue weighted by molar-refractivity contribution is 6.21. The van der Waals surface area contributed by atoms with E-state index in [4.69, 9.17) is 4.42 Å². The molecule has 2 aromatic heterocycles. The number of rotatable bonds is 1. The molecule has 0 saturated heterocycles. The fourth-order valence-electron chi connectivity index (χ4n) is 7.15. The molecular weight excluding hydrogens is 474 g/mol. The molecule has 2 nitrogen and oxygen atoms in total. The summed E-state index contributed by atoms with van der Waals surface area (Å²) in [7, 11) is 0. The van der Waals surface area contributed by atoms with Crippen molar-refractivity contribution in [3.05, 3.63) is 127 Å². The van der Waals surface area contributed by atoms with Gasteiger partial charge in [0.1, 0.15) is 5.76 Å². The number of nitrogens with zero attached hydrogens (tertiary/aromatic N) is 1. The Morgan fingerprint density at radius 1 is 0.590 bits per heavy atom. The van der Waals surface area contributed by atoms with Gasteiger partial charge in [-0.05, 0) is 59.3 Å². The molecule has 0 spiro atoms. The van der Waals surface area contributed by atoms with E-state index in [9.17, 15) is 0 Å². The predicted octanol–water partition coefficient (Wildman–Crippen LogP) is 10.1. The van der Waals surface area contributed by atoms with E-state index in [-0.39, 0.29) is 5.41 Å². The van der Waals surface area contributed by atoms with E-state index in [2.05, 4.69) is 134 Å². The summed E-state index contributed by atoms with van der Waals surface area (Å²) >= 11 is 0. The zero-order valence-corrected chi connectivity index (χ0v) is 21.8. The topological polar surface area (TPSA) is 18.1 Å². The fraction of sp³-hybridized carbons (Fsp3) is 0.0811. The minimum Gasteiger partial charge on any atom is -0.457 e. The molecule has 0 amide bonds. The molecule has 0 saturated carbocycles. The van der Waals surface area contributed by atoms with Crippen LogP contribution in [0.2, 0.25) is 0 Å². The first-order valence-electron chi connectivity index (χ1n) is 13.6. The lowest BCUT2D eigenvalue weighted by molar-refractivity contribution is 0.466. The van der Waals surface area contributed by atoms with Crippen LogP contribution < -0.4 is 0 Å². The van der Waals surface area contributed by atoms with E-state index < -0.39 is 0 Å². The third-order valence-electron chi connectivity index (χ3n) is 8.92. The largest absolute Gasteiger partial charge is 0.457 e. The summed E-state index contributed by atoms with van der Waals surface area (Å²) in [5.74, 6) is 1.06. The van der Waals surface area contributed by atoms with Crippen LogP contribution in [0, 0.1) is 0 Å². The van der Waals surface area contributed by atoms with Crippen LogP contribution in [0.3, 0.4) is 0 Å². The van der Waals surface area contributed by atoms with Gasteiger partial charge >= 0.3 is 0 Å². The van der Waals surface area contributed by atoms with E-state index >= 15 is 0 Å². The average Bonchev–Trinajstić information content (AvgIpc) is 3.60. The monoisotopic (exact) mass is 499 g/mol. The maximum absolute atomic E-state index is 6.99. The first-order chi connectivity index (χ1) is 19.1. The summed E-state index contributed by atoms with van der Waals surface area (Å²) in [6, 6.07) is 41.9. The van der Waals surface area contributed by atoms with Gasteiger partial charge in [0.05, 0.1) is 16.7 Å². The highest BCUT2D eigenvalue weighted by Gasteiger charge is 2.40. The lowest BCUT2D eigenvalue weighted by Gasteiger charge is -2.18. The predicted molar refractivity (Wildman–Crippen MR) is 163 cm³/mol. The number of hydrogen-bond acceptors (Lipinski definition) is 1. The third-order valence-corrected chi connectivity index (χ3v) is 8.92. The van der Waals surface area contributed by atoms with Gasteiger partial charge in [-0.15, -0.1) is 0 Å². The maximum Gasteiger partial charge on any atom is 0.159 e. The molecule has 2 heterocycles. The highest BCUT2D eigenvalue weighted by atomic mass is 16.3. The molecule has 39 heavy (non-hydrogen) atoms. The van der Waals surface area contributed by atoms with Crippen LogP contribution in [0.1, 0.15) is 25.2 Å². The van der Waals surface area contributed by atoms with Crippen LogP contribution in [-0.4, -0.2) is 4.57 Å². The van der Waals surface area contributed by atoms with Gasteiger partial charge in [0, 0.05) is 32.5 Å². The standard InChI is InChI=1S/C37H25NO/c1-37(2)30-17-9-7-16-28(30)33-29-20-19-27-26-15-8-10-18-31(26)38(34(27)35(29)39-36(33)37)32-21-22-11-3-4-12-23(22)24-13-5-6-14-25(24)32/h3-21H,1-2H3. The molecule has 0 atom stereocenters. The lowest BCUT2D eigenvalue weighted by atomic mass is 9.86. The summed E-state index contributed by atoms with van der Waals surface area (Å²) in [5, 5.41) is 8.65. The molecule has 2 heteroatoms. The SMILES string of the molecule is CC1(C)c2ccccc2-c2c1oc1c2ccc2c3ccccc3n(-c3cc4ccccc4c4ccccc34)c21. The molecule has 1 aliphatic rings. The summed E-state index contributed by atoms with van der Waals surface area (Å²) < 4.78 is 9.44. The van der Waals surface area contributed by atoms with Crippen molar-refractivity contribution in [2.24, 2.45) is 0 Å². The Labute approximate surface area is 225 Å². The van der Waals surface area contributed by atoms with Gasteiger partial charge in [0.15, 0.2) is 5.58 Å². The Bertz CT molecular complexity index is 2310. The Morgan fingerprint density at radius 3 is 2.13 bits per heavy atom. The number of hydrogen-bond donors (Lipinski definition) is 0. The summed E-state index contributed by atoms with van der Waals surface area (Å²) in [4.78, 5) is 0. The van der Waals surface area contributed by atoms with E-state index in [0.29, 0.717) is 0 Å². The van der Waals surface area contributed by atoms with E-state index in [1.807, 2.05) is 0 Å². The van der Waals surface area contributed by atoms with Gasteiger partial charge in [-0.1, -0.05) is 97.1 Å². The normalized spacial score (nSPS) is 14.1. The summed E-state index contributed by atoms with van der Waals surface area (Å²) in [5.41, 5.74) is 8.15. The van der Waals surface area contributed by atoms with Gasteiger partial charge in [-0.25, -0.2) is 0 Å². The first-order valence-corrected chi connectivity index (χ1v) is 13.6. The molecule has 184 valence electrons. The van der Waals surface area contributed by atoms with Crippen molar-refractivity contribution >= 4 is 54.3 Å². The minimum atomic E-state index is -0.191. The second-order valence-corrected chi connectivity index (χ2v) is 11.3. The highest BCUT2D eigenvalue weighted by Crippen LogP contribution is 2.54. The van der Waals surface area contributed by atoms with Crippen LogP contribution in [-0.2, 0) is 5.41 Å². The summed E-state index contributed by atoms with van der Waals surface area (Å²) in [6.07, 6.45) is 0. The van der Waals surface area contributed by atoms with Crippen LogP contribution in [0.25, 0.3) is 71.1 Å². The molecular formula is C37H25NO. The molecule has 0 fully saturated rings. The number of para-hydroxylation sites is 1. The molecule has 9 rings (SSSR count). The molecule has 0 N–H and O–H groups in total. The molecule has 0 aliphatic heterocycles. The van der Waals surface area contributed by atoms with Crippen molar-refractivity contribution in [2.75, 3.05) is 0 Å². The Kier molecular flexibility index (Phi) is 3.89. The smallest absolute Gasteiger partial charge is 0.159 e. The molecule has 1 aliphatic carbocycles. The molecule has 6 aromatic carbocycles. The van der Waals surface area contributed by atoms with E-state index in [1.165, 1.54) is 65.6 Å².